The van der Waals surface area contributed by atoms with Crippen LogP contribution in [0.2, 0.25) is 0 Å². The van der Waals surface area contributed by atoms with Gasteiger partial charge < -0.3 is 68.9 Å². The lowest BCUT2D eigenvalue weighted by Crippen LogP contribution is -2.03. The molecule has 21 nitrogen and oxygen atoms in total. The van der Waals surface area contributed by atoms with Crippen LogP contribution in [-0.2, 0) is 0 Å². The van der Waals surface area contributed by atoms with Crippen molar-refractivity contribution in [3.63, 3.8) is 0 Å². The number of carboxylic acid groups (broad SMARTS) is 7. The van der Waals surface area contributed by atoms with E-state index in [1.165, 1.54) is 66.7 Å². The summed E-state index contributed by atoms with van der Waals surface area (Å²) >= 11 is 0. The molecule has 21 heteroatoms. The zero-order valence-electron chi connectivity index (χ0n) is 53.4. The van der Waals surface area contributed by atoms with Crippen molar-refractivity contribution in [1.29, 1.82) is 0 Å². The fourth-order valence-electron chi connectivity index (χ4n) is 6.66. The van der Waals surface area contributed by atoms with Crippen LogP contribution < -0.4 is 33.2 Å². The van der Waals surface area contributed by atoms with Crippen LogP contribution in [0.25, 0.3) is 0 Å². The van der Waals surface area contributed by atoms with E-state index in [2.05, 4.69) is 39.5 Å². The van der Waals surface area contributed by atoms with Crippen molar-refractivity contribution in [2.75, 3.05) is 46.2 Å². The Hall–Kier alpha value is -12.4. The molecule has 7 rings (SSSR count). The first-order valence-electron chi connectivity index (χ1n) is 29.1. The third-order valence-electron chi connectivity index (χ3n) is 11.3. The number of hydrogen-bond acceptors (Lipinski definition) is 14. The van der Waals surface area contributed by atoms with Crippen LogP contribution in [0.3, 0.4) is 0 Å². The fourth-order valence-corrected chi connectivity index (χ4v) is 6.66. The van der Waals surface area contributed by atoms with E-state index in [9.17, 15) is 33.6 Å². The smallest absolute Gasteiger partial charge is 0.339 e. The Kier molecular flexibility index (Phi) is 41.9. The molecule has 0 saturated carbocycles. The molecular weight excluding hydrogens is 1240 g/mol. The number of allylic oxidation sites excluding steroid dienone is 1. The first-order chi connectivity index (χ1) is 46.1. The minimum absolute atomic E-state index is 0.171. The summed E-state index contributed by atoms with van der Waals surface area (Å²) in [5.41, 5.74) is 2.68. The van der Waals surface area contributed by atoms with Crippen LogP contribution in [0.5, 0.6) is 40.2 Å². The minimum Gasteiger partial charge on any atom is -0.493 e. The molecular formula is C75H80O21. The van der Waals surface area contributed by atoms with Crippen molar-refractivity contribution in [3.05, 3.63) is 296 Å². The Balaban J connectivity index is 0.000000560. The lowest BCUT2D eigenvalue weighted by Gasteiger charge is -2.06. The Labute approximate surface area is 558 Å². The number of rotatable bonds is 31. The van der Waals surface area contributed by atoms with E-state index in [1.54, 1.807) is 140 Å². The Bertz CT molecular complexity index is 3620. The maximum Gasteiger partial charge on any atom is 0.339 e. The van der Waals surface area contributed by atoms with Crippen molar-refractivity contribution in [3.8, 4) is 40.2 Å². The van der Waals surface area contributed by atoms with E-state index in [1.807, 2.05) is 19.9 Å². The lowest BCUT2D eigenvalue weighted by atomic mass is 10.2. The Morgan fingerprint density at radius 1 is 0.302 bits per heavy atom. The second-order valence-corrected chi connectivity index (χ2v) is 18.9. The standard InChI is InChI=1S/C12H14O3.3C11H12O3.3C10H10O3/c1-9(2)7-8-15-11-6-4-3-5-10(11)12(13)14;1-2-3-8-14-10-6-4-9(5-7-10)11(12)13;1-2-3-8-14-10-7-5-4-6-9(10)11(12)13;1-2-3-7-14-10-6-4-5-9(8-10)11(12)13;1-2-7-13-9-5-3-8(4-6-9)10(11)12;1-2-7-13-9-6-4-3-5-8(9)10(11)12;1-2-6-13-9-5-3-4-8(7-9)10(11)12/h3-7H,8H2,1-2H3,(H,13,14);2*2,4-7H,1,3,8H2,(H,12,13);2,4-6,8H,1,3,7H2,(H,12,13);2*2-6H,1,7H2,(H,11,12);2-5,7H,1,6H2,(H,11,12). The van der Waals surface area contributed by atoms with Crippen molar-refractivity contribution < 1.29 is 102 Å². The van der Waals surface area contributed by atoms with Crippen molar-refractivity contribution in [2.45, 2.75) is 33.1 Å². The summed E-state index contributed by atoms with van der Waals surface area (Å²) in [6.07, 6.45) is 14.2. The van der Waals surface area contributed by atoms with Gasteiger partial charge in [0.05, 0.1) is 42.1 Å². The molecule has 0 bridgehead atoms. The highest BCUT2D eigenvalue weighted by Gasteiger charge is 2.12. The molecule has 0 aliphatic carbocycles. The van der Waals surface area contributed by atoms with Crippen LogP contribution in [0.15, 0.2) is 257 Å². The van der Waals surface area contributed by atoms with Gasteiger partial charge in [-0.05, 0) is 161 Å². The molecule has 0 saturated heterocycles. The number of para-hydroxylation sites is 3. The molecule has 7 aromatic carbocycles. The van der Waals surface area contributed by atoms with E-state index in [4.69, 9.17) is 68.9 Å². The van der Waals surface area contributed by atoms with Gasteiger partial charge in [0.1, 0.15) is 83.4 Å². The molecule has 0 amide bonds. The highest BCUT2D eigenvalue weighted by Crippen LogP contribution is 2.21. The average Bonchev–Trinajstić information content (AvgIpc) is 1.30. The second kappa shape index (κ2) is 49.3. The Morgan fingerprint density at radius 2 is 0.604 bits per heavy atom. The number of benzene rings is 7. The highest BCUT2D eigenvalue weighted by atomic mass is 16.5. The van der Waals surface area contributed by atoms with Gasteiger partial charge in [-0.1, -0.05) is 110 Å². The van der Waals surface area contributed by atoms with Gasteiger partial charge in [-0.2, -0.15) is 0 Å². The van der Waals surface area contributed by atoms with Gasteiger partial charge in [0, 0.05) is 0 Å². The molecule has 0 atom stereocenters. The molecule has 7 N–H and O–H groups in total. The van der Waals surface area contributed by atoms with Crippen molar-refractivity contribution >= 4 is 41.8 Å². The van der Waals surface area contributed by atoms with Gasteiger partial charge >= 0.3 is 41.8 Å². The largest absolute Gasteiger partial charge is 0.493 e. The molecule has 0 aromatic heterocycles. The molecule has 96 heavy (non-hydrogen) atoms. The average molecular weight is 1320 g/mol. The fraction of sp³-hybridized carbons (Fsp3) is 0.160. The molecule has 0 fully saturated rings. The topological polar surface area (TPSA) is 326 Å². The third kappa shape index (κ3) is 35.9. The molecule has 0 radical (unpaired) electrons. The summed E-state index contributed by atoms with van der Waals surface area (Å²) in [5, 5.41) is 61.1. The zero-order chi connectivity index (χ0) is 71.5. The summed E-state index contributed by atoms with van der Waals surface area (Å²) in [4.78, 5) is 74.4. The SMILES string of the molecule is C=CCCOc1ccc(C(=O)O)cc1.C=CCCOc1cccc(C(=O)O)c1.C=CCCOc1ccccc1C(=O)O.C=CCOc1ccc(C(=O)O)cc1.C=CCOc1cccc(C(=O)O)c1.C=CCOc1ccccc1C(=O)O.CC(C)=CCOc1ccccc1C(=O)O. The predicted octanol–water partition coefficient (Wildman–Crippen LogP) is 15.6. The van der Waals surface area contributed by atoms with E-state index in [0.29, 0.717) is 92.9 Å². The summed E-state index contributed by atoms with van der Waals surface area (Å²) < 4.78 is 36.8. The summed E-state index contributed by atoms with van der Waals surface area (Å²) in [5.74, 6) is -3.07. The third-order valence-corrected chi connectivity index (χ3v) is 11.3. The van der Waals surface area contributed by atoms with Crippen LogP contribution in [-0.4, -0.2) is 124 Å². The number of carboxylic acids is 7. The zero-order valence-corrected chi connectivity index (χ0v) is 53.4. The lowest BCUT2D eigenvalue weighted by molar-refractivity contribution is 0.0681. The highest BCUT2D eigenvalue weighted by molar-refractivity contribution is 5.92. The van der Waals surface area contributed by atoms with Crippen LogP contribution in [0.1, 0.15) is 106 Å². The van der Waals surface area contributed by atoms with Gasteiger partial charge in [-0.25, -0.2) is 33.6 Å². The van der Waals surface area contributed by atoms with Crippen molar-refractivity contribution in [2.24, 2.45) is 0 Å². The molecule has 0 heterocycles. The van der Waals surface area contributed by atoms with Gasteiger partial charge in [0.2, 0.25) is 0 Å². The summed E-state index contributed by atoms with van der Waals surface area (Å²) in [6.45, 7) is 28.1. The van der Waals surface area contributed by atoms with Gasteiger partial charge in [0.25, 0.3) is 0 Å². The van der Waals surface area contributed by atoms with Crippen LogP contribution in [0.4, 0.5) is 0 Å². The van der Waals surface area contributed by atoms with Crippen LogP contribution >= 0.6 is 0 Å². The first kappa shape index (κ1) is 81.6. The number of ether oxygens (including phenoxy) is 7. The van der Waals surface area contributed by atoms with E-state index in [0.717, 1.165) is 18.4 Å². The van der Waals surface area contributed by atoms with Gasteiger partial charge in [-0.15, -0.1) is 19.7 Å². The minimum atomic E-state index is -0.986. The normalized spacial score (nSPS) is 9.35. The summed E-state index contributed by atoms with van der Waals surface area (Å²) in [7, 11) is 0. The number of carbonyl (C=O) groups is 7. The number of aromatic carboxylic acids is 7. The molecule has 0 unspecified atom stereocenters. The molecule has 0 aliphatic heterocycles. The Morgan fingerprint density at radius 3 is 0.948 bits per heavy atom. The molecule has 0 spiro atoms. The van der Waals surface area contributed by atoms with Gasteiger partial charge in [0.15, 0.2) is 0 Å². The monoisotopic (exact) mass is 1320 g/mol. The van der Waals surface area contributed by atoms with Crippen molar-refractivity contribution in [1.82, 2.24) is 0 Å². The van der Waals surface area contributed by atoms with E-state index >= 15 is 0 Å². The maximum absolute atomic E-state index is 10.8. The molecule has 506 valence electrons. The number of hydrogen-bond donors (Lipinski definition) is 7. The van der Waals surface area contributed by atoms with Gasteiger partial charge in [-0.3, -0.25) is 0 Å². The van der Waals surface area contributed by atoms with Crippen LogP contribution in [0, 0.1) is 0 Å². The van der Waals surface area contributed by atoms with E-state index in [-0.39, 0.29) is 38.9 Å². The maximum atomic E-state index is 10.8. The van der Waals surface area contributed by atoms with E-state index < -0.39 is 41.8 Å². The molecule has 0 aliphatic rings. The predicted molar refractivity (Wildman–Crippen MR) is 367 cm³/mol. The first-order valence-corrected chi connectivity index (χ1v) is 29.1. The molecule has 7 aromatic rings. The summed E-state index contributed by atoms with van der Waals surface area (Å²) in [6, 6.07) is 45.0. The quantitative estimate of drug-likeness (QED) is 0.0157. The second-order valence-electron chi connectivity index (χ2n) is 18.9.